The first-order chi connectivity index (χ1) is 12.1. The molecule has 0 saturated heterocycles. The molecule has 2 rings (SSSR count). The van der Waals surface area contributed by atoms with E-state index in [0.29, 0.717) is 6.04 Å². The number of carbonyl (C=O) groups is 1. The van der Waals surface area contributed by atoms with E-state index in [2.05, 4.69) is 43.9 Å². The van der Waals surface area contributed by atoms with Crippen molar-refractivity contribution in [3.63, 3.8) is 0 Å². The third-order valence-electron chi connectivity index (χ3n) is 5.38. The molecule has 1 aliphatic rings. The molecule has 1 aromatic rings. The topological polar surface area (TPSA) is 23.6 Å². The lowest BCUT2D eigenvalue weighted by Gasteiger charge is -2.36. The van der Waals surface area contributed by atoms with Crippen LogP contribution in [-0.4, -0.2) is 36.5 Å². The van der Waals surface area contributed by atoms with E-state index >= 15 is 0 Å². The van der Waals surface area contributed by atoms with E-state index in [-0.39, 0.29) is 5.91 Å². The highest BCUT2D eigenvalue weighted by molar-refractivity contribution is 5.92. The van der Waals surface area contributed by atoms with E-state index in [1.54, 1.807) is 6.92 Å². The van der Waals surface area contributed by atoms with Gasteiger partial charge in [-0.25, -0.2) is 0 Å². The smallest absolute Gasteiger partial charge is 0.223 e. The van der Waals surface area contributed by atoms with Crippen LogP contribution in [0.1, 0.15) is 70.9 Å². The molecule has 0 aromatic heterocycles. The summed E-state index contributed by atoms with van der Waals surface area (Å²) >= 11 is 0. The number of hydrogen-bond acceptors (Lipinski definition) is 2. The second-order valence-corrected chi connectivity index (χ2v) is 7.37. The number of nitrogens with zero attached hydrogens (tertiary/aromatic N) is 2. The van der Waals surface area contributed by atoms with Crippen LogP contribution in [-0.2, 0) is 17.6 Å². The summed E-state index contributed by atoms with van der Waals surface area (Å²) in [4.78, 5) is 16.9. The fourth-order valence-corrected chi connectivity index (χ4v) is 4.15. The van der Waals surface area contributed by atoms with Gasteiger partial charge in [0, 0.05) is 25.2 Å². The standard InChI is InChI=1S/C22H36N2O/c1-5-8-16-24(18(4)25)22-11-9-10-19-17-20(12-13-21(19)22)23(14-6-2)15-7-3/h9-11,20H,5-8,12-17H2,1-4H3. The minimum atomic E-state index is 0.169. The van der Waals surface area contributed by atoms with Gasteiger partial charge in [-0.3, -0.25) is 4.79 Å². The number of anilines is 1. The maximum atomic E-state index is 12.2. The lowest BCUT2D eigenvalue weighted by molar-refractivity contribution is -0.116. The van der Waals surface area contributed by atoms with Gasteiger partial charge in [-0.15, -0.1) is 0 Å². The largest absolute Gasteiger partial charge is 0.312 e. The molecule has 0 aliphatic heterocycles. The van der Waals surface area contributed by atoms with Gasteiger partial charge in [-0.1, -0.05) is 39.3 Å². The van der Waals surface area contributed by atoms with Crippen molar-refractivity contribution in [2.45, 2.75) is 78.7 Å². The molecule has 1 aromatic carbocycles. The Bertz CT molecular complexity index is 549. The Morgan fingerprint density at radius 3 is 2.40 bits per heavy atom. The first-order valence-electron chi connectivity index (χ1n) is 10.2. The van der Waals surface area contributed by atoms with E-state index < -0.39 is 0 Å². The number of unbranched alkanes of at least 4 members (excludes halogenated alkanes) is 1. The third kappa shape index (κ3) is 5.07. The van der Waals surface area contributed by atoms with Crippen molar-refractivity contribution in [3.8, 4) is 0 Å². The van der Waals surface area contributed by atoms with Crippen LogP contribution in [0.4, 0.5) is 5.69 Å². The molecule has 1 amide bonds. The summed E-state index contributed by atoms with van der Waals surface area (Å²) in [5.74, 6) is 0.169. The summed E-state index contributed by atoms with van der Waals surface area (Å²) in [6.07, 6.45) is 8.05. The van der Waals surface area contributed by atoms with Gasteiger partial charge in [0.05, 0.1) is 0 Å². The summed E-state index contributed by atoms with van der Waals surface area (Å²) in [7, 11) is 0. The average molecular weight is 345 g/mol. The van der Waals surface area contributed by atoms with Crippen LogP contribution in [0.25, 0.3) is 0 Å². The molecule has 0 saturated carbocycles. The summed E-state index contributed by atoms with van der Waals surface area (Å²) in [6, 6.07) is 7.22. The van der Waals surface area contributed by atoms with Gasteiger partial charge in [-0.2, -0.15) is 0 Å². The van der Waals surface area contributed by atoms with E-state index in [1.807, 2.05) is 4.90 Å². The number of amides is 1. The zero-order valence-corrected chi connectivity index (χ0v) is 16.7. The Morgan fingerprint density at radius 1 is 1.08 bits per heavy atom. The molecule has 0 N–H and O–H groups in total. The molecule has 3 nitrogen and oxygen atoms in total. The molecule has 0 bridgehead atoms. The van der Waals surface area contributed by atoms with Crippen LogP contribution in [0.2, 0.25) is 0 Å². The van der Waals surface area contributed by atoms with Gasteiger partial charge >= 0.3 is 0 Å². The average Bonchev–Trinajstić information content (AvgIpc) is 2.61. The Hall–Kier alpha value is -1.35. The molecule has 0 fully saturated rings. The fourth-order valence-electron chi connectivity index (χ4n) is 4.15. The molecule has 1 unspecified atom stereocenters. The first kappa shape index (κ1) is 20.0. The van der Waals surface area contributed by atoms with Crippen LogP contribution < -0.4 is 4.90 Å². The summed E-state index contributed by atoms with van der Waals surface area (Å²) in [6.45, 7) is 11.7. The zero-order chi connectivity index (χ0) is 18.2. The van der Waals surface area contributed by atoms with Gasteiger partial charge < -0.3 is 9.80 Å². The lowest BCUT2D eigenvalue weighted by Crippen LogP contribution is -2.41. The predicted molar refractivity (Wildman–Crippen MR) is 107 cm³/mol. The summed E-state index contributed by atoms with van der Waals surface area (Å²) in [5.41, 5.74) is 4.03. The third-order valence-corrected chi connectivity index (χ3v) is 5.38. The molecule has 0 spiro atoms. The summed E-state index contributed by atoms with van der Waals surface area (Å²) in [5, 5.41) is 0. The van der Waals surface area contributed by atoms with E-state index in [1.165, 1.54) is 43.5 Å². The van der Waals surface area contributed by atoms with Crippen molar-refractivity contribution in [2.24, 2.45) is 0 Å². The van der Waals surface area contributed by atoms with Crippen LogP contribution in [0, 0.1) is 0 Å². The molecular formula is C22H36N2O. The van der Waals surface area contributed by atoms with Crippen LogP contribution in [0.3, 0.4) is 0 Å². The van der Waals surface area contributed by atoms with Crippen LogP contribution >= 0.6 is 0 Å². The van der Waals surface area contributed by atoms with E-state index in [0.717, 1.165) is 37.9 Å². The highest BCUT2D eigenvalue weighted by Crippen LogP contribution is 2.32. The Labute approximate surface area is 154 Å². The van der Waals surface area contributed by atoms with Crippen molar-refractivity contribution in [1.29, 1.82) is 0 Å². The zero-order valence-electron chi connectivity index (χ0n) is 16.7. The molecule has 3 heteroatoms. The number of rotatable bonds is 9. The monoisotopic (exact) mass is 344 g/mol. The Kier molecular flexibility index (Phi) is 7.95. The quantitative estimate of drug-likeness (QED) is 0.641. The molecule has 0 heterocycles. The minimum Gasteiger partial charge on any atom is -0.312 e. The van der Waals surface area contributed by atoms with Crippen molar-refractivity contribution in [3.05, 3.63) is 29.3 Å². The highest BCUT2D eigenvalue weighted by atomic mass is 16.2. The SMILES string of the molecule is CCCCN(C(C)=O)c1cccc2c1CCC(N(CCC)CCC)C2. The van der Waals surface area contributed by atoms with Crippen molar-refractivity contribution >= 4 is 11.6 Å². The number of hydrogen-bond donors (Lipinski definition) is 0. The molecule has 1 atom stereocenters. The van der Waals surface area contributed by atoms with Gasteiger partial charge in [0.25, 0.3) is 0 Å². The second kappa shape index (κ2) is 9.96. The lowest BCUT2D eigenvalue weighted by atomic mass is 9.86. The number of carbonyl (C=O) groups excluding carboxylic acids is 1. The van der Waals surface area contributed by atoms with Crippen molar-refractivity contribution in [1.82, 2.24) is 4.90 Å². The molecule has 1 aliphatic carbocycles. The fraction of sp³-hybridized carbons (Fsp3) is 0.682. The van der Waals surface area contributed by atoms with Gasteiger partial charge in [0.2, 0.25) is 5.91 Å². The number of fused-ring (bicyclic) bond motifs is 1. The summed E-state index contributed by atoms with van der Waals surface area (Å²) < 4.78 is 0. The first-order valence-corrected chi connectivity index (χ1v) is 10.2. The normalized spacial score (nSPS) is 16.8. The predicted octanol–water partition coefficient (Wildman–Crippen LogP) is 4.82. The van der Waals surface area contributed by atoms with Crippen molar-refractivity contribution in [2.75, 3.05) is 24.5 Å². The maximum absolute atomic E-state index is 12.2. The molecule has 25 heavy (non-hydrogen) atoms. The minimum absolute atomic E-state index is 0.169. The Morgan fingerprint density at radius 2 is 1.80 bits per heavy atom. The van der Waals surface area contributed by atoms with Gasteiger partial charge in [0.1, 0.15) is 0 Å². The maximum Gasteiger partial charge on any atom is 0.223 e. The Balaban J connectivity index is 2.22. The highest BCUT2D eigenvalue weighted by Gasteiger charge is 2.26. The van der Waals surface area contributed by atoms with E-state index in [4.69, 9.17) is 0 Å². The van der Waals surface area contributed by atoms with Gasteiger partial charge in [0.15, 0.2) is 0 Å². The second-order valence-electron chi connectivity index (χ2n) is 7.37. The van der Waals surface area contributed by atoms with E-state index in [9.17, 15) is 4.79 Å². The molecular weight excluding hydrogens is 308 g/mol. The van der Waals surface area contributed by atoms with Crippen LogP contribution in [0.15, 0.2) is 18.2 Å². The molecule has 0 radical (unpaired) electrons. The number of benzene rings is 1. The van der Waals surface area contributed by atoms with Crippen molar-refractivity contribution < 1.29 is 4.79 Å². The van der Waals surface area contributed by atoms with Gasteiger partial charge in [-0.05, 0) is 68.8 Å². The van der Waals surface area contributed by atoms with Crippen LogP contribution in [0.5, 0.6) is 0 Å². The molecule has 140 valence electrons.